The number of methoxy groups -OCH3 is 1. The zero-order valence-electron chi connectivity index (χ0n) is 18.2. The minimum absolute atomic E-state index is 0.0493. The smallest absolute Gasteiger partial charge is 0.334 e. The molecule has 1 aromatic carbocycles. The van der Waals surface area contributed by atoms with Gasteiger partial charge in [-0.1, -0.05) is 0 Å². The second-order valence-electron chi connectivity index (χ2n) is 8.96. The number of amides is 2. The Morgan fingerprint density at radius 1 is 1.06 bits per heavy atom. The molecule has 3 aliphatic rings. The molecule has 1 aromatic heterocycles. The van der Waals surface area contributed by atoms with Gasteiger partial charge in [0, 0.05) is 56.0 Å². The molecule has 0 saturated carbocycles. The molecule has 4 heterocycles. The first-order valence-electron chi connectivity index (χ1n) is 11.0. The zero-order valence-corrected chi connectivity index (χ0v) is 18.2. The summed E-state index contributed by atoms with van der Waals surface area (Å²) >= 11 is 0. The van der Waals surface area contributed by atoms with Crippen molar-refractivity contribution in [3.63, 3.8) is 0 Å². The zero-order chi connectivity index (χ0) is 23.3. The van der Waals surface area contributed by atoms with Crippen LogP contribution in [-0.2, 0) is 16.1 Å². The number of aromatic nitrogens is 1. The molecule has 0 unspecified atom stereocenters. The molecule has 172 valence electrons. The number of rotatable bonds is 4. The van der Waals surface area contributed by atoms with E-state index in [9.17, 15) is 24.5 Å². The second-order valence-corrected chi connectivity index (χ2v) is 8.96. The predicted molar refractivity (Wildman–Crippen MR) is 118 cm³/mol. The Hall–Kier alpha value is -3.69. The molecular formula is C23H24N4O6. The number of fused-ring (bicyclic) bond motifs is 4. The van der Waals surface area contributed by atoms with Gasteiger partial charge < -0.3 is 19.1 Å². The van der Waals surface area contributed by atoms with Crippen LogP contribution < -0.4 is 15.2 Å². The van der Waals surface area contributed by atoms with Gasteiger partial charge in [0.2, 0.25) is 11.8 Å². The number of anilines is 1. The average molecular weight is 452 g/mol. The highest BCUT2D eigenvalue weighted by molar-refractivity contribution is 6.00. The SMILES string of the molecule is COc1ccc(N2C[C@@H](C(=O)N3C[C@@H]4C[C@@H](C3)c3ccc([N+](=O)[O-])c(=O)n3C4)CC2=O)cc1. The molecule has 0 N–H and O–H groups in total. The summed E-state index contributed by atoms with van der Waals surface area (Å²) in [4.78, 5) is 52.5. The minimum Gasteiger partial charge on any atom is -0.497 e. The van der Waals surface area contributed by atoms with Gasteiger partial charge in [0.25, 0.3) is 0 Å². The van der Waals surface area contributed by atoms with Crippen molar-refractivity contribution in [3.05, 3.63) is 62.6 Å². The predicted octanol–water partition coefficient (Wildman–Crippen LogP) is 1.76. The summed E-state index contributed by atoms with van der Waals surface area (Å²) in [6.45, 7) is 1.62. The molecule has 2 fully saturated rings. The molecule has 0 aliphatic carbocycles. The van der Waals surface area contributed by atoms with E-state index in [0.29, 0.717) is 31.9 Å². The van der Waals surface area contributed by atoms with Gasteiger partial charge in [-0.05, 0) is 42.7 Å². The van der Waals surface area contributed by atoms with E-state index in [1.165, 1.54) is 10.6 Å². The molecule has 10 heteroatoms. The Balaban J connectivity index is 1.32. The van der Waals surface area contributed by atoms with E-state index in [1.54, 1.807) is 30.2 Å². The van der Waals surface area contributed by atoms with Crippen LogP contribution >= 0.6 is 0 Å². The van der Waals surface area contributed by atoms with Crippen molar-refractivity contribution in [2.45, 2.75) is 25.3 Å². The van der Waals surface area contributed by atoms with E-state index in [2.05, 4.69) is 0 Å². The third-order valence-electron chi connectivity index (χ3n) is 6.95. The van der Waals surface area contributed by atoms with Crippen LogP contribution in [0.1, 0.15) is 24.5 Å². The van der Waals surface area contributed by atoms with E-state index >= 15 is 0 Å². The first kappa shape index (κ1) is 21.2. The van der Waals surface area contributed by atoms with Gasteiger partial charge in [-0.15, -0.1) is 0 Å². The van der Waals surface area contributed by atoms with E-state index < -0.39 is 22.1 Å². The molecule has 10 nitrogen and oxygen atoms in total. The van der Waals surface area contributed by atoms with Crippen LogP contribution in [0.2, 0.25) is 0 Å². The van der Waals surface area contributed by atoms with Crippen LogP contribution in [0.5, 0.6) is 5.75 Å². The quantitative estimate of drug-likeness (QED) is 0.516. The van der Waals surface area contributed by atoms with Crippen molar-refractivity contribution < 1.29 is 19.2 Å². The highest BCUT2D eigenvalue weighted by Crippen LogP contribution is 2.37. The van der Waals surface area contributed by atoms with Crippen LogP contribution in [0, 0.1) is 22.0 Å². The minimum atomic E-state index is -0.651. The normalized spacial score (nSPS) is 23.9. The van der Waals surface area contributed by atoms with Crippen LogP contribution in [0.15, 0.2) is 41.2 Å². The Morgan fingerprint density at radius 2 is 1.82 bits per heavy atom. The summed E-state index contributed by atoms with van der Waals surface area (Å²) < 4.78 is 6.67. The number of hydrogen-bond donors (Lipinski definition) is 0. The van der Waals surface area contributed by atoms with Crippen LogP contribution in [0.4, 0.5) is 11.4 Å². The lowest BCUT2D eigenvalue weighted by atomic mass is 9.82. The molecule has 3 atom stereocenters. The van der Waals surface area contributed by atoms with Gasteiger partial charge in [0.05, 0.1) is 18.0 Å². The van der Waals surface area contributed by atoms with Gasteiger partial charge in [0.15, 0.2) is 0 Å². The molecule has 0 spiro atoms. The van der Waals surface area contributed by atoms with Crippen molar-refractivity contribution in [2.75, 3.05) is 31.6 Å². The fraction of sp³-hybridized carbons (Fsp3) is 0.435. The summed E-state index contributed by atoms with van der Waals surface area (Å²) in [5, 5.41) is 11.1. The van der Waals surface area contributed by atoms with Crippen molar-refractivity contribution in [3.8, 4) is 5.75 Å². The molecule has 33 heavy (non-hydrogen) atoms. The lowest BCUT2D eigenvalue weighted by Gasteiger charge is -2.43. The van der Waals surface area contributed by atoms with Gasteiger partial charge >= 0.3 is 11.2 Å². The van der Waals surface area contributed by atoms with Crippen molar-refractivity contribution in [1.82, 2.24) is 9.47 Å². The number of hydrogen-bond acceptors (Lipinski definition) is 6. The lowest BCUT2D eigenvalue weighted by molar-refractivity contribution is -0.386. The molecular weight excluding hydrogens is 428 g/mol. The van der Waals surface area contributed by atoms with Crippen molar-refractivity contribution in [2.24, 2.45) is 11.8 Å². The average Bonchev–Trinajstić information content (AvgIpc) is 3.20. The number of carbonyl (C=O) groups is 2. The molecule has 5 rings (SSSR count). The van der Waals surface area contributed by atoms with E-state index in [-0.39, 0.29) is 30.1 Å². The molecule has 0 radical (unpaired) electrons. The largest absolute Gasteiger partial charge is 0.497 e. The summed E-state index contributed by atoms with van der Waals surface area (Å²) in [5.41, 5.74) is 0.474. The van der Waals surface area contributed by atoms with Crippen molar-refractivity contribution in [1.29, 1.82) is 0 Å². The highest BCUT2D eigenvalue weighted by Gasteiger charge is 2.42. The lowest BCUT2D eigenvalue weighted by Crippen LogP contribution is -2.51. The standard InChI is InChI=1S/C23H24N4O6/c1-33-18-4-2-17(3-5-18)25-13-16(9-21(25)28)22(29)24-10-14-8-15(12-24)19-6-7-20(27(31)32)23(30)26(19)11-14/h2-7,14-16H,8-13H2,1H3/t14-,15-,16-/m0/s1. The van der Waals surface area contributed by atoms with Crippen LogP contribution in [0.25, 0.3) is 0 Å². The molecule has 2 amide bonds. The number of ether oxygens (including phenoxy) is 1. The molecule has 2 aromatic rings. The fourth-order valence-electron chi connectivity index (χ4n) is 5.40. The summed E-state index contributed by atoms with van der Waals surface area (Å²) in [7, 11) is 1.58. The van der Waals surface area contributed by atoms with Gasteiger partial charge in [-0.3, -0.25) is 24.5 Å². The van der Waals surface area contributed by atoms with Gasteiger partial charge in [0.1, 0.15) is 5.75 Å². The number of carbonyl (C=O) groups excluding carboxylic acids is 2. The number of pyridine rings is 1. The monoisotopic (exact) mass is 452 g/mol. The summed E-state index contributed by atoms with van der Waals surface area (Å²) in [6, 6.07) is 10.1. The molecule has 2 bridgehead atoms. The van der Waals surface area contributed by atoms with Crippen LogP contribution in [-0.4, -0.2) is 52.9 Å². The Morgan fingerprint density at radius 3 is 2.52 bits per heavy atom. The van der Waals surface area contributed by atoms with Gasteiger partial charge in [-0.2, -0.15) is 0 Å². The molecule has 2 saturated heterocycles. The fourth-order valence-corrected chi connectivity index (χ4v) is 5.40. The Kier molecular flexibility index (Phi) is 5.15. The second kappa shape index (κ2) is 8.02. The third kappa shape index (κ3) is 3.65. The maximum absolute atomic E-state index is 13.3. The Bertz CT molecular complexity index is 1190. The number of likely N-dealkylation sites (tertiary alicyclic amines) is 1. The van der Waals surface area contributed by atoms with Crippen LogP contribution in [0.3, 0.4) is 0 Å². The van der Waals surface area contributed by atoms with E-state index in [0.717, 1.165) is 17.8 Å². The highest BCUT2D eigenvalue weighted by atomic mass is 16.6. The number of nitro groups is 1. The summed E-state index contributed by atoms with van der Waals surface area (Å²) in [5.74, 6) is 0.145. The van der Waals surface area contributed by atoms with E-state index in [1.807, 2.05) is 17.0 Å². The maximum atomic E-state index is 13.3. The first-order chi connectivity index (χ1) is 15.9. The summed E-state index contributed by atoms with van der Waals surface area (Å²) in [6.07, 6.45) is 1.00. The first-order valence-corrected chi connectivity index (χ1v) is 11.0. The van der Waals surface area contributed by atoms with Crippen molar-refractivity contribution >= 4 is 23.2 Å². The number of benzene rings is 1. The maximum Gasteiger partial charge on any atom is 0.334 e. The third-order valence-corrected chi connectivity index (χ3v) is 6.95. The number of nitrogens with zero attached hydrogens (tertiary/aromatic N) is 4. The Labute approximate surface area is 189 Å². The number of piperidine rings is 1. The van der Waals surface area contributed by atoms with E-state index in [4.69, 9.17) is 4.74 Å². The molecule has 3 aliphatic heterocycles. The van der Waals surface area contributed by atoms with Gasteiger partial charge in [-0.25, -0.2) is 0 Å². The topological polar surface area (TPSA) is 115 Å².